The van der Waals surface area contributed by atoms with Crippen LogP contribution < -0.4 is 0 Å². The second-order valence-corrected chi connectivity index (χ2v) is 8.06. The number of hydrogen-bond acceptors (Lipinski definition) is 5. The zero-order valence-electron chi connectivity index (χ0n) is 13.8. The molecule has 2 atom stereocenters. The molecule has 1 aromatic rings. The van der Waals surface area contributed by atoms with Crippen LogP contribution in [0.15, 0.2) is 5.51 Å². The fourth-order valence-corrected chi connectivity index (χ4v) is 5.20. The number of carbonyl (C=O) groups excluding carboxylic acids is 1. The van der Waals surface area contributed by atoms with Crippen molar-refractivity contribution in [1.29, 1.82) is 0 Å². The summed E-state index contributed by atoms with van der Waals surface area (Å²) in [5.41, 5.74) is 2.74. The second-order valence-electron chi connectivity index (χ2n) is 7.13. The second kappa shape index (κ2) is 6.15. The van der Waals surface area contributed by atoms with E-state index in [0.29, 0.717) is 5.91 Å². The Hall–Kier alpha value is -0.980. The summed E-state index contributed by atoms with van der Waals surface area (Å²) in [7, 11) is 0. The number of fused-ring (bicyclic) bond motifs is 1. The Morgan fingerprint density at radius 3 is 3.00 bits per heavy atom. The number of aromatic nitrogens is 1. The van der Waals surface area contributed by atoms with E-state index in [1.54, 1.807) is 11.3 Å². The average molecular weight is 335 g/mol. The summed E-state index contributed by atoms with van der Waals surface area (Å²) in [6, 6.07) is 0. The largest absolute Gasteiger partial charge is 0.377 e. The fourth-order valence-electron chi connectivity index (χ4n) is 4.39. The van der Waals surface area contributed by atoms with Crippen LogP contribution in [0.5, 0.6) is 0 Å². The zero-order chi connectivity index (χ0) is 15.9. The van der Waals surface area contributed by atoms with Crippen molar-refractivity contribution in [3.05, 3.63) is 16.1 Å². The van der Waals surface area contributed by atoms with Gasteiger partial charge in [-0.2, -0.15) is 0 Å². The van der Waals surface area contributed by atoms with Crippen molar-refractivity contribution in [2.45, 2.75) is 45.3 Å². The van der Waals surface area contributed by atoms with Gasteiger partial charge in [0.1, 0.15) is 0 Å². The molecular formula is C17H25N3O2S. The molecule has 0 saturated carbocycles. The third-order valence-electron chi connectivity index (χ3n) is 5.73. The Kier molecular flexibility index (Phi) is 4.15. The molecule has 4 rings (SSSR count). The van der Waals surface area contributed by atoms with Crippen LogP contribution in [0.4, 0.5) is 0 Å². The number of amides is 1. The van der Waals surface area contributed by atoms with Crippen LogP contribution in [0.2, 0.25) is 0 Å². The summed E-state index contributed by atoms with van der Waals surface area (Å²) < 4.78 is 5.96. The molecule has 0 bridgehead atoms. The number of hydrogen-bond donors (Lipinski definition) is 0. The number of thiazole rings is 1. The standard InChI is InChI=1S/C17H25N3O2S/c1-13-14(23-12-18-13)10-19-8-4-15-17(11-19,5-9-22-15)16(21)20-6-2-3-7-20/h12,15H,2-11H2,1H3/t15-,17-/m1/s1. The van der Waals surface area contributed by atoms with Crippen LogP contribution in [-0.2, 0) is 16.1 Å². The van der Waals surface area contributed by atoms with Gasteiger partial charge in [0.2, 0.25) is 5.91 Å². The van der Waals surface area contributed by atoms with Gasteiger partial charge in [-0.05, 0) is 32.6 Å². The number of rotatable bonds is 3. The molecule has 0 unspecified atom stereocenters. The minimum absolute atomic E-state index is 0.120. The number of carbonyl (C=O) groups is 1. The highest BCUT2D eigenvalue weighted by atomic mass is 32.1. The van der Waals surface area contributed by atoms with Crippen molar-refractivity contribution in [3.63, 3.8) is 0 Å². The molecule has 1 aromatic heterocycles. The van der Waals surface area contributed by atoms with Crippen molar-refractivity contribution in [2.24, 2.45) is 5.41 Å². The van der Waals surface area contributed by atoms with E-state index >= 15 is 0 Å². The lowest BCUT2D eigenvalue weighted by atomic mass is 9.75. The Bertz CT molecular complexity index is 584. The van der Waals surface area contributed by atoms with Crippen LogP contribution in [0.25, 0.3) is 0 Å². The van der Waals surface area contributed by atoms with Gasteiger partial charge in [0.25, 0.3) is 0 Å². The lowest BCUT2D eigenvalue weighted by molar-refractivity contribution is -0.149. The molecule has 3 aliphatic rings. The van der Waals surface area contributed by atoms with E-state index in [9.17, 15) is 4.79 Å². The third-order valence-corrected chi connectivity index (χ3v) is 6.65. The summed E-state index contributed by atoms with van der Waals surface area (Å²) >= 11 is 1.72. The maximum Gasteiger partial charge on any atom is 0.232 e. The first-order valence-corrected chi connectivity index (χ1v) is 9.59. The molecule has 3 fully saturated rings. The van der Waals surface area contributed by atoms with Crippen LogP contribution in [0.3, 0.4) is 0 Å². The highest BCUT2D eigenvalue weighted by Crippen LogP contribution is 2.43. The average Bonchev–Trinajstić information content (AvgIpc) is 3.28. The number of piperidine rings is 1. The number of nitrogens with zero attached hydrogens (tertiary/aromatic N) is 3. The van der Waals surface area contributed by atoms with E-state index in [0.717, 1.165) is 70.7 Å². The van der Waals surface area contributed by atoms with E-state index in [1.807, 2.05) is 5.51 Å². The van der Waals surface area contributed by atoms with E-state index in [-0.39, 0.29) is 11.5 Å². The molecule has 0 aliphatic carbocycles. The van der Waals surface area contributed by atoms with E-state index < -0.39 is 0 Å². The Labute approximate surface area is 141 Å². The van der Waals surface area contributed by atoms with Crippen LogP contribution >= 0.6 is 11.3 Å². The lowest BCUT2D eigenvalue weighted by Crippen LogP contribution is -2.57. The van der Waals surface area contributed by atoms with Crippen molar-refractivity contribution >= 4 is 17.2 Å². The van der Waals surface area contributed by atoms with E-state index in [4.69, 9.17) is 4.74 Å². The van der Waals surface area contributed by atoms with E-state index in [1.165, 1.54) is 4.88 Å². The van der Waals surface area contributed by atoms with Crippen LogP contribution in [0.1, 0.15) is 36.3 Å². The van der Waals surface area contributed by atoms with Gasteiger partial charge in [-0.1, -0.05) is 0 Å². The maximum absolute atomic E-state index is 13.2. The minimum Gasteiger partial charge on any atom is -0.377 e. The zero-order valence-corrected chi connectivity index (χ0v) is 14.6. The van der Waals surface area contributed by atoms with Crippen molar-refractivity contribution in [1.82, 2.24) is 14.8 Å². The number of ether oxygens (including phenoxy) is 1. The first-order valence-electron chi connectivity index (χ1n) is 8.71. The molecule has 6 heteroatoms. The molecule has 0 spiro atoms. The van der Waals surface area contributed by atoms with E-state index in [2.05, 4.69) is 21.7 Å². The molecule has 0 aromatic carbocycles. The SMILES string of the molecule is Cc1ncsc1CN1CC[C@H]2OCC[C@@]2(C(=O)N2CCCC2)C1. The summed E-state index contributed by atoms with van der Waals surface area (Å²) in [6.45, 7) is 7.43. The van der Waals surface area contributed by atoms with Gasteiger partial charge in [0, 0.05) is 44.2 Å². The highest BCUT2D eigenvalue weighted by molar-refractivity contribution is 7.09. The summed E-state index contributed by atoms with van der Waals surface area (Å²) in [6.07, 6.45) is 4.27. The van der Waals surface area contributed by atoms with Gasteiger partial charge in [-0.15, -0.1) is 11.3 Å². The highest BCUT2D eigenvalue weighted by Gasteiger charge is 2.54. The van der Waals surface area contributed by atoms with Gasteiger partial charge < -0.3 is 9.64 Å². The molecule has 4 heterocycles. The molecular weight excluding hydrogens is 310 g/mol. The summed E-state index contributed by atoms with van der Waals surface area (Å²) in [5, 5.41) is 0. The quantitative estimate of drug-likeness (QED) is 0.848. The van der Waals surface area contributed by atoms with Crippen molar-refractivity contribution in [2.75, 3.05) is 32.8 Å². The summed E-state index contributed by atoms with van der Waals surface area (Å²) in [4.78, 5) is 23.4. The first-order chi connectivity index (χ1) is 11.2. The molecule has 0 radical (unpaired) electrons. The number of likely N-dealkylation sites (tertiary alicyclic amines) is 2. The fraction of sp³-hybridized carbons (Fsp3) is 0.765. The predicted molar refractivity (Wildman–Crippen MR) is 89.3 cm³/mol. The van der Waals surface area contributed by atoms with Gasteiger partial charge in [0.15, 0.2) is 0 Å². The van der Waals surface area contributed by atoms with Gasteiger partial charge in [-0.25, -0.2) is 4.98 Å². The summed E-state index contributed by atoms with van der Waals surface area (Å²) in [5.74, 6) is 0.350. The molecule has 5 nitrogen and oxygen atoms in total. The molecule has 126 valence electrons. The Morgan fingerprint density at radius 1 is 1.43 bits per heavy atom. The number of aryl methyl sites for hydroxylation is 1. The predicted octanol–water partition coefficient (Wildman–Crippen LogP) is 2.05. The third kappa shape index (κ3) is 2.71. The maximum atomic E-state index is 13.2. The molecule has 23 heavy (non-hydrogen) atoms. The minimum atomic E-state index is -0.304. The Morgan fingerprint density at radius 2 is 2.26 bits per heavy atom. The lowest BCUT2D eigenvalue weighted by Gasteiger charge is -2.44. The first kappa shape index (κ1) is 15.5. The van der Waals surface area contributed by atoms with Crippen molar-refractivity contribution < 1.29 is 9.53 Å². The normalized spacial score (nSPS) is 31.5. The van der Waals surface area contributed by atoms with Crippen molar-refractivity contribution in [3.8, 4) is 0 Å². The molecule has 1 amide bonds. The van der Waals surface area contributed by atoms with Crippen LogP contribution in [-0.4, -0.2) is 59.6 Å². The van der Waals surface area contributed by atoms with Crippen LogP contribution in [0, 0.1) is 12.3 Å². The molecule has 3 saturated heterocycles. The monoisotopic (exact) mass is 335 g/mol. The van der Waals surface area contributed by atoms with Gasteiger partial charge >= 0.3 is 0 Å². The van der Waals surface area contributed by atoms with Gasteiger partial charge in [0.05, 0.1) is 22.7 Å². The molecule has 3 aliphatic heterocycles. The smallest absolute Gasteiger partial charge is 0.232 e. The Balaban J connectivity index is 1.53. The van der Waals surface area contributed by atoms with Gasteiger partial charge in [-0.3, -0.25) is 9.69 Å². The topological polar surface area (TPSA) is 45.7 Å². The molecule has 0 N–H and O–H groups in total.